The molecule has 0 aromatic rings. The van der Waals surface area contributed by atoms with Gasteiger partial charge in [0.05, 0.1) is 12.6 Å². The van der Waals surface area contributed by atoms with Crippen molar-refractivity contribution in [2.45, 2.75) is 45.2 Å². The van der Waals surface area contributed by atoms with Crippen molar-refractivity contribution in [2.24, 2.45) is 0 Å². The minimum absolute atomic E-state index is 0.0475. The van der Waals surface area contributed by atoms with E-state index in [2.05, 4.69) is 0 Å². The molecular weight excluding hydrogens is 220 g/mol. The monoisotopic (exact) mass is 240 g/mol. The predicted molar refractivity (Wildman–Crippen MR) is 62.5 cm³/mol. The van der Waals surface area contributed by atoms with E-state index in [1.807, 2.05) is 13.8 Å². The van der Waals surface area contributed by atoms with E-state index in [1.54, 1.807) is 4.90 Å². The SMILES string of the molecule is CC(C)N1CCCC(=O)N(C2CCOC2)C1=O. The highest BCUT2D eigenvalue weighted by atomic mass is 16.5. The maximum atomic E-state index is 12.4. The van der Waals surface area contributed by atoms with Gasteiger partial charge in [0.1, 0.15) is 0 Å². The number of hydrogen-bond donors (Lipinski definition) is 0. The molecule has 2 heterocycles. The second-order valence-corrected chi connectivity index (χ2v) is 4.95. The zero-order valence-electron chi connectivity index (χ0n) is 10.5. The largest absolute Gasteiger partial charge is 0.379 e. The number of hydrogen-bond acceptors (Lipinski definition) is 3. The predicted octanol–water partition coefficient (Wildman–Crippen LogP) is 1.23. The Balaban J connectivity index is 2.19. The number of amides is 3. The highest BCUT2D eigenvalue weighted by molar-refractivity contribution is 5.95. The van der Waals surface area contributed by atoms with Crippen molar-refractivity contribution in [3.05, 3.63) is 0 Å². The van der Waals surface area contributed by atoms with E-state index in [9.17, 15) is 9.59 Å². The standard InChI is InChI=1S/C12H20N2O3/c1-9(2)13-6-3-4-11(15)14(12(13)16)10-5-7-17-8-10/h9-10H,3-8H2,1-2H3. The van der Waals surface area contributed by atoms with Crippen LogP contribution in [0, 0.1) is 0 Å². The molecule has 1 atom stereocenters. The number of nitrogens with zero attached hydrogens (tertiary/aromatic N) is 2. The first kappa shape index (κ1) is 12.4. The highest BCUT2D eigenvalue weighted by Gasteiger charge is 2.37. The smallest absolute Gasteiger partial charge is 0.327 e. The minimum Gasteiger partial charge on any atom is -0.379 e. The van der Waals surface area contributed by atoms with Gasteiger partial charge in [-0.3, -0.25) is 9.69 Å². The van der Waals surface area contributed by atoms with Crippen LogP contribution >= 0.6 is 0 Å². The summed E-state index contributed by atoms with van der Waals surface area (Å²) in [6.07, 6.45) is 1.99. The van der Waals surface area contributed by atoms with Gasteiger partial charge in [0.25, 0.3) is 0 Å². The fraction of sp³-hybridized carbons (Fsp3) is 0.833. The zero-order chi connectivity index (χ0) is 12.4. The molecule has 2 saturated heterocycles. The number of urea groups is 1. The van der Waals surface area contributed by atoms with Crippen LogP contribution in [-0.2, 0) is 9.53 Å². The molecule has 2 fully saturated rings. The van der Waals surface area contributed by atoms with Crippen LogP contribution in [0.2, 0.25) is 0 Å². The zero-order valence-corrected chi connectivity index (χ0v) is 10.5. The van der Waals surface area contributed by atoms with Gasteiger partial charge in [-0.05, 0) is 26.7 Å². The van der Waals surface area contributed by atoms with Gasteiger partial charge in [0.15, 0.2) is 0 Å². The molecule has 0 N–H and O–H groups in total. The third-order valence-electron chi connectivity index (χ3n) is 3.40. The van der Waals surface area contributed by atoms with Crippen LogP contribution in [0.15, 0.2) is 0 Å². The van der Waals surface area contributed by atoms with Crippen LogP contribution in [-0.4, -0.2) is 53.6 Å². The summed E-state index contributed by atoms with van der Waals surface area (Å²) in [4.78, 5) is 27.6. The lowest BCUT2D eigenvalue weighted by Gasteiger charge is -2.32. The molecule has 17 heavy (non-hydrogen) atoms. The third-order valence-corrected chi connectivity index (χ3v) is 3.40. The Labute approximate surface area is 102 Å². The number of rotatable bonds is 2. The fourth-order valence-corrected chi connectivity index (χ4v) is 2.43. The van der Waals surface area contributed by atoms with Gasteiger partial charge in [-0.1, -0.05) is 0 Å². The summed E-state index contributed by atoms with van der Waals surface area (Å²) in [5, 5.41) is 0. The summed E-state index contributed by atoms with van der Waals surface area (Å²) < 4.78 is 5.28. The van der Waals surface area contributed by atoms with Crippen LogP contribution in [0.25, 0.3) is 0 Å². The Morgan fingerprint density at radius 2 is 2.12 bits per heavy atom. The summed E-state index contributed by atoms with van der Waals surface area (Å²) in [6.45, 7) is 5.77. The van der Waals surface area contributed by atoms with Gasteiger partial charge >= 0.3 is 6.03 Å². The lowest BCUT2D eigenvalue weighted by molar-refractivity contribution is -0.130. The highest BCUT2D eigenvalue weighted by Crippen LogP contribution is 2.20. The summed E-state index contributed by atoms with van der Waals surface area (Å²) in [7, 11) is 0. The van der Waals surface area contributed by atoms with Crippen molar-refractivity contribution in [2.75, 3.05) is 19.8 Å². The Morgan fingerprint density at radius 3 is 2.71 bits per heavy atom. The molecule has 0 saturated carbocycles. The molecule has 0 spiro atoms. The second-order valence-electron chi connectivity index (χ2n) is 4.95. The van der Waals surface area contributed by atoms with Crippen LogP contribution in [0.1, 0.15) is 33.1 Å². The Morgan fingerprint density at radius 1 is 1.35 bits per heavy atom. The molecule has 2 aliphatic rings. The lowest BCUT2D eigenvalue weighted by Crippen LogP contribution is -2.51. The lowest BCUT2D eigenvalue weighted by atomic mass is 10.2. The van der Waals surface area contributed by atoms with Crippen molar-refractivity contribution in [1.29, 1.82) is 0 Å². The molecule has 0 bridgehead atoms. The van der Waals surface area contributed by atoms with E-state index in [1.165, 1.54) is 4.90 Å². The molecule has 0 aromatic heterocycles. The minimum atomic E-state index is -0.141. The quantitative estimate of drug-likeness (QED) is 0.729. The molecule has 0 aliphatic carbocycles. The molecule has 5 nitrogen and oxygen atoms in total. The summed E-state index contributed by atoms with van der Waals surface area (Å²) >= 11 is 0. The molecule has 0 radical (unpaired) electrons. The molecular formula is C12H20N2O3. The number of imide groups is 1. The number of ether oxygens (including phenoxy) is 1. The first-order chi connectivity index (χ1) is 8.11. The van der Waals surface area contributed by atoms with Gasteiger partial charge in [-0.15, -0.1) is 0 Å². The summed E-state index contributed by atoms with van der Waals surface area (Å²) in [6, 6.07) is -0.0643. The van der Waals surface area contributed by atoms with Crippen molar-refractivity contribution in [1.82, 2.24) is 9.80 Å². The maximum Gasteiger partial charge on any atom is 0.327 e. The van der Waals surface area contributed by atoms with Crippen LogP contribution in [0.5, 0.6) is 0 Å². The average Bonchev–Trinajstić information content (AvgIpc) is 2.72. The average molecular weight is 240 g/mol. The molecule has 2 rings (SSSR count). The molecule has 0 aromatic carbocycles. The van der Waals surface area contributed by atoms with Gasteiger partial charge in [-0.2, -0.15) is 0 Å². The maximum absolute atomic E-state index is 12.4. The number of carbonyl (C=O) groups excluding carboxylic acids is 2. The van der Waals surface area contributed by atoms with Crippen LogP contribution in [0.4, 0.5) is 4.79 Å². The van der Waals surface area contributed by atoms with Crippen LogP contribution in [0.3, 0.4) is 0 Å². The summed E-state index contributed by atoms with van der Waals surface area (Å²) in [5.74, 6) is -0.0475. The molecule has 1 unspecified atom stereocenters. The van der Waals surface area contributed by atoms with Gasteiger partial charge < -0.3 is 9.64 Å². The van der Waals surface area contributed by atoms with Gasteiger partial charge in [0, 0.05) is 25.6 Å². The first-order valence-electron chi connectivity index (χ1n) is 6.31. The normalized spacial score (nSPS) is 26.9. The van der Waals surface area contributed by atoms with E-state index in [4.69, 9.17) is 4.74 Å². The molecule has 3 amide bonds. The van der Waals surface area contributed by atoms with E-state index < -0.39 is 0 Å². The van der Waals surface area contributed by atoms with Crippen LogP contribution < -0.4 is 0 Å². The van der Waals surface area contributed by atoms with E-state index in [0.29, 0.717) is 26.2 Å². The van der Waals surface area contributed by atoms with Crippen molar-refractivity contribution in [3.63, 3.8) is 0 Å². The summed E-state index contributed by atoms with van der Waals surface area (Å²) in [5.41, 5.74) is 0. The van der Waals surface area contributed by atoms with E-state index in [0.717, 1.165) is 12.8 Å². The van der Waals surface area contributed by atoms with Gasteiger partial charge in [0.2, 0.25) is 5.91 Å². The molecule has 2 aliphatic heterocycles. The Bertz CT molecular complexity index is 311. The topological polar surface area (TPSA) is 49.9 Å². The third kappa shape index (κ3) is 2.44. The Hall–Kier alpha value is -1.10. The number of carbonyl (C=O) groups is 2. The first-order valence-corrected chi connectivity index (χ1v) is 6.31. The van der Waals surface area contributed by atoms with E-state index in [-0.39, 0.29) is 24.0 Å². The Kier molecular flexibility index (Phi) is 3.66. The fourth-order valence-electron chi connectivity index (χ4n) is 2.43. The second kappa shape index (κ2) is 5.04. The van der Waals surface area contributed by atoms with Crippen molar-refractivity contribution in [3.8, 4) is 0 Å². The molecule has 5 heteroatoms. The molecule has 96 valence electrons. The van der Waals surface area contributed by atoms with Crippen molar-refractivity contribution >= 4 is 11.9 Å². The van der Waals surface area contributed by atoms with Crippen molar-refractivity contribution < 1.29 is 14.3 Å². The van der Waals surface area contributed by atoms with Gasteiger partial charge in [-0.25, -0.2) is 4.79 Å². The van der Waals surface area contributed by atoms with E-state index >= 15 is 0 Å².